The summed E-state index contributed by atoms with van der Waals surface area (Å²) in [6.45, 7) is 2.01. The lowest BCUT2D eigenvalue weighted by Crippen LogP contribution is -2.30. The average molecular weight is 386 g/mol. The smallest absolute Gasteiger partial charge is 0.259 e. The highest BCUT2D eigenvalue weighted by atomic mass is 35.5. The molecule has 1 unspecified atom stereocenters. The monoisotopic (exact) mass is 385 g/mol. The van der Waals surface area contributed by atoms with E-state index in [0.717, 1.165) is 5.69 Å². The number of benzene rings is 1. The van der Waals surface area contributed by atoms with Gasteiger partial charge in [-0.15, -0.1) is 0 Å². The maximum Gasteiger partial charge on any atom is 0.259 e. The molecule has 0 radical (unpaired) electrons. The van der Waals surface area contributed by atoms with E-state index in [2.05, 4.69) is 10.1 Å². The van der Waals surface area contributed by atoms with Gasteiger partial charge in [0.1, 0.15) is 17.4 Å². The van der Waals surface area contributed by atoms with Crippen LogP contribution in [0.4, 0.5) is 0 Å². The predicted molar refractivity (Wildman–Crippen MR) is 102 cm³/mol. The summed E-state index contributed by atoms with van der Waals surface area (Å²) in [7, 11) is 1.70. The summed E-state index contributed by atoms with van der Waals surface area (Å²) >= 11 is 5.94. The SMILES string of the molecule is CC(O)c1onc(-c2ccc(Cl)cc2)c1C(=O)N(C)CCc1ccccn1. The molecule has 6 nitrogen and oxygen atoms in total. The second-order valence-corrected chi connectivity index (χ2v) is 6.69. The second-order valence-electron chi connectivity index (χ2n) is 6.25. The van der Waals surface area contributed by atoms with Crippen LogP contribution in [-0.2, 0) is 6.42 Å². The van der Waals surface area contributed by atoms with Crippen molar-refractivity contribution in [1.82, 2.24) is 15.0 Å². The number of likely N-dealkylation sites (N-methyl/N-ethyl adjacent to an activating group) is 1. The average Bonchev–Trinajstić information content (AvgIpc) is 3.12. The van der Waals surface area contributed by atoms with Crippen LogP contribution in [-0.4, -0.2) is 39.6 Å². The first-order valence-corrected chi connectivity index (χ1v) is 8.94. The van der Waals surface area contributed by atoms with Crippen molar-refractivity contribution in [1.29, 1.82) is 0 Å². The minimum Gasteiger partial charge on any atom is -0.385 e. The lowest BCUT2D eigenvalue weighted by molar-refractivity contribution is 0.0784. The number of aliphatic hydroxyl groups is 1. The summed E-state index contributed by atoms with van der Waals surface area (Å²) in [5.74, 6) is -0.123. The zero-order chi connectivity index (χ0) is 19.4. The molecule has 0 saturated carbocycles. The van der Waals surface area contributed by atoms with Crippen molar-refractivity contribution in [2.75, 3.05) is 13.6 Å². The molecule has 2 aromatic heterocycles. The van der Waals surface area contributed by atoms with Gasteiger partial charge in [-0.05, 0) is 31.2 Å². The highest BCUT2D eigenvalue weighted by Crippen LogP contribution is 2.30. The van der Waals surface area contributed by atoms with Gasteiger partial charge in [0.2, 0.25) is 0 Å². The molecule has 140 valence electrons. The number of nitrogens with zero attached hydrogens (tertiary/aromatic N) is 3. The number of carbonyl (C=O) groups is 1. The van der Waals surface area contributed by atoms with Crippen LogP contribution in [0.25, 0.3) is 11.3 Å². The van der Waals surface area contributed by atoms with Gasteiger partial charge >= 0.3 is 0 Å². The molecule has 1 aromatic carbocycles. The van der Waals surface area contributed by atoms with Crippen LogP contribution in [0.5, 0.6) is 0 Å². The summed E-state index contributed by atoms with van der Waals surface area (Å²) in [4.78, 5) is 18.9. The lowest BCUT2D eigenvalue weighted by Gasteiger charge is -2.17. The zero-order valence-electron chi connectivity index (χ0n) is 15.1. The van der Waals surface area contributed by atoms with Crippen LogP contribution in [0.2, 0.25) is 5.02 Å². The third-order valence-electron chi connectivity index (χ3n) is 4.21. The normalized spacial score (nSPS) is 12.0. The van der Waals surface area contributed by atoms with E-state index in [1.165, 1.54) is 6.92 Å². The van der Waals surface area contributed by atoms with E-state index in [0.29, 0.717) is 29.2 Å². The van der Waals surface area contributed by atoms with E-state index in [1.807, 2.05) is 18.2 Å². The van der Waals surface area contributed by atoms with E-state index in [-0.39, 0.29) is 17.2 Å². The zero-order valence-corrected chi connectivity index (χ0v) is 15.8. The van der Waals surface area contributed by atoms with Crippen molar-refractivity contribution in [2.45, 2.75) is 19.4 Å². The molecule has 0 aliphatic carbocycles. The number of carbonyl (C=O) groups excluding carboxylic acids is 1. The quantitative estimate of drug-likeness (QED) is 0.698. The van der Waals surface area contributed by atoms with Crippen LogP contribution >= 0.6 is 11.6 Å². The molecule has 27 heavy (non-hydrogen) atoms. The van der Waals surface area contributed by atoms with Crippen molar-refractivity contribution in [2.24, 2.45) is 0 Å². The third-order valence-corrected chi connectivity index (χ3v) is 4.46. The summed E-state index contributed by atoms with van der Waals surface area (Å²) in [6.07, 6.45) is 1.39. The Kier molecular flexibility index (Phi) is 5.88. The van der Waals surface area contributed by atoms with Gasteiger partial charge < -0.3 is 14.5 Å². The molecule has 0 fully saturated rings. The van der Waals surface area contributed by atoms with Gasteiger partial charge in [0.05, 0.1) is 0 Å². The number of pyridine rings is 1. The first-order chi connectivity index (χ1) is 13.0. The van der Waals surface area contributed by atoms with Crippen LogP contribution < -0.4 is 0 Å². The van der Waals surface area contributed by atoms with Gasteiger partial charge in [-0.3, -0.25) is 9.78 Å². The summed E-state index contributed by atoms with van der Waals surface area (Å²) in [5, 5.41) is 14.6. The van der Waals surface area contributed by atoms with Gasteiger partial charge in [0.15, 0.2) is 5.76 Å². The first-order valence-electron chi connectivity index (χ1n) is 8.56. The van der Waals surface area contributed by atoms with Crippen molar-refractivity contribution >= 4 is 17.5 Å². The topological polar surface area (TPSA) is 79.5 Å². The van der Waals surface area contributed by atoms with Crippen molar-refractivity contribution in [3.05, 3.63) is 70.7 Å². The fourth-order valence-corrected chi connectivity index (χ4v) is 2.85. The molecular weight excluding hydrogens is 366 g/mol. The van der Waals surface area contributed by atoms with Gasteiger partial charge in [-0.1, -0.05) is 35.0 Å². The van der Waals surface area contributed by atoms with E-state index in [9.17, 15) is 9.90 Å². The maximum absolute atomic E-state index is 13.1. The summed E-state index contributed by atoms with van der Waals surface area (Å²) in [6, 6.07) is 12.6. The molecule has 0 aliphatic heterocycles. The van der Waals surface area contributed by atoms with Crippen molar-refractivity contribution < 1.29 is 14.4 Å². The van der Waals surface area contributed by atoms with Crippen LogP contribution in [0.15, 0.2) is 53.2 Å². The molecule has 1 atom stereocenters. The Hall–Kier alpha value is -2.70. The Balaban J connectivity index is 1.88. The number of aliphatic hydroxyl groups excluding tert-OH is 1. The van der Waals surface area contributed by atoms with Gasteiger partial charge in [-0.25, -0.2) is 0 Å². The third kappa shape index (κ3) is 4.35. The molecule has 1 N–H and O–H groups in total. The van der Waals surface area contributed by atoms with E-state index in [1.54, 1.807) is 42.4 Å². The Bertz CT molecular complexity index is 908. The van der Waals surface area contributed by atoms with Gasteiger partial charge in [-0.2, -0.15) is 0 Å². The Labute approximate surface area is 162 Å². The molecule has 0 saturated heterocycles. The minimum absolute atomic E-state index is 0.148. The lowest BCUT2D eigenvalue weighted by atomic mass is 10.0. The molecule has 0 aliphatic rings. The first kappa shape index (κ1) is 19.1. The van der Waals surface area contributed by atoms with Crippen LogP contribution in [0.3, 0.4) is 0 Å². The summed E-state index contributed by atoms with van der Waals surface area (Å²) < 4.78 is 5.28. The Morgan fingerprint density at radius 3 is 2.63 bits per heavy atom. The number of aromatic nitrogens is 2. The molecule has 3 rings (SSSR count). The molecule has 3 aromatic rings. The standard InChI is InChI=1S/C20H20ClN3O3/c1-13(25)19-17(18(23-27-19)14-6-8-15(21)9-7-14)20(26)24(2)12-10-16-5-3-4-11-22-16/h3-9,11,13,25H,10,12H2,1-2H3. The number of halogens is 1. The summed E-state index contributed by atoms with van der Waals surface area (Å²) in [5.41, 5.74) is 2.24. The highest BCUT2D eigenvalue weighted by Gasteiger charge is 2.28. The molecule has 7 heteroatoms. The molecule has 0 bridgehead atoms. The molecule has 2 heterocycles. The van der Waals surface area contributed by atoms with Crippen molar-refractivity contribution in [3.63, 3.8) is 0 Å². The number of amides is 1. The Morgan fingerprint density at radius 1 is 1.26 bits per heavy atom. The Morgan fingerprint density at radius 2 is 2.00 bits per heavy atom. The van der Waals surface area contributed by atoms with Crippen LogP contribution in [0, 0.1) is 0 Å². The van der Waals surface area contributed by atoms with E-state index < -0.39 is 6.10 Å². The molecule has 1 amide bonds. The van der Waals surface area contributed by atoms with Gasteiger partial charge in [0.25, 0.3) is 5.91 Å². The molecule has 0 spiro atoms. The van der Waals surface area contributed by atoms with Crippen LogP contribution in [0.1, 0.15) is 34.8 Å². The second kappa shape index (κ2) is 8.33. The fourth-order valence-electron chi connectivity index (χ4n) is 2.72. The van der Waals surface area contributed by atoms with Gasteiger partial charge in [0, 0.05) is 42.5 Å². The predicted octanol–water partition coefficient (Wildman–Crippen LogP) is 3.76. The highest BCUT2D eigenvalue weighted by molar-refractivity contribution is 6.30. The van der Waals surface area contributed by atoms with E-state index in [4.69, 9.17) is 16.1 Å². The number of hydrogen-bond acceptors (Lipinski definition) is 5. The fraction of sp³-hybridized carbons (Fsp3) is 0.250. The number of hydrogen-bond donors (Lipinski definition) is 1. The molecular formula is C20H20ClN3O3. The minimum atomic E-state index is -0.957. The largest absolute Gasteiger partial charge is 0.385 e. The number of rotatable bonds is 6. The van der Waals surface area contributed by atoms with E-state index >= 15 is 0 Å². The van der Waals surface area contributed by atoms with Crippen molar-refractivity contribution in [3.8, 4) is 11.3 Å². The maximum atomic E-state index is 13.1.